The molecule has 0 unspecified atom stereocenters. The van der Waals surface area contributed by atoms with Gasteiger partial charge in [0.2, 0.25) is 10.0 Å². The zero-order valence-corrected chi connectivity index (χ0v) is 20.0. The lowest BCUT2D eigenvalue weighted by atomic mass is 9.99. The number of methoxy groups -OCH3 is 1. The molecule has 4 rings (SSSR count). The Morgan fingerprint density at radius 1 is 1.00 bits per heavy atom. The Kier molecular flexibility index (Phi) is 5.82. The molecule has 0 aliphatic carbocycles. The fourth-order valence-electron chi connectivity index (χ4n) is 3.45. The van der Waals surface area contributed by atoms with Gasteiger partial charge in [-0.2, -0.15) is 0 Å². The van der Waals surface area contributed by atoms with Crippen molar-refractivity contribution < 1.29 is 13.2 Å². The molecule has 10 heteroatoms. The highest BCUT2D eigenvalue weighted by atomic mass is 127. The topological polar surface area (TPSA) is 110 Å². The monoisotopic (exact) mass is 563 g/mol. The van der Waals surface area contributed by atoms with Gasteiger partial charge in [0.15, 0.2) is 0 Å². The number of nitrogens with zero attached hydrogens (tertiary/aromatic N) is 1. The Bertz CT molecular complexity index is 1580. The number of aromatic amines is 1. The Balaban J connectivity index is 1.86. The summed E-state index contributed by atoms with van der Waals surface area (Å²) in [4.78, 5) is 26.0. The number of H-pyrrole nitrogens is 1. The van der Waals surface area contributed by atoms with Crippen LogP contribution in [-0.4, -0.2) is 31.3 Å². The third-order valence-corrected chi connectivity index (χ3v) is 6.20. The Hall–Kier alpha value is -3.12. The third-order valence-electron chi connectivity index (χ3n) is 4.79. The minimum atomic E-state index is -3.37. The predicted molar refractivity (Wildman–Crippen MR) is 133 cm³/mol. The summed E-state index contributed by atoms with van der Waals surface area (Å²) >= 11 is 2.14. The highest BCUT2D eigenvalue weighted by Crippen LogP contribution is 2.37. The van der Waals surface area contributed by atoms with Crippen molar-refractivity contribution >= 4 is 49.1 Å². The van der Waals surface area contributed by atoms with E-state index in [1.54, 1.807) is 25.3 Å². The van der Waals surface area contributed by atoms with Crippen LogP contribution in [0.1, 0.15) is 0 Å². The van der Waals surface area contributed by atoms with Crippen molar-refractivity contribution in [3.05, 3.63) is 85.2 Å². The third kappa shape index (κ3) is 4.55. The van der Waals surface area contributed by atoms with Crippen molar-refractivity contribution in [2.45, 2.75) is 0 Å². The maximum absolute atomic E-state index is 12.3. The van der Waals surface area contributed by atoms with Crippen LogP contribution in [0.4, 0.5) is 5.69 Å². The van der Waals surface area contributed by atoms with Gasteiger partial charge in [0.05, 0.1) is 22.6 Å². The van der Waals surface area contributed by atoms with Crippen molar-refractivity contribution in [3.8, 4) is 22.6 Å². The zero-order valence-electron chi connectivity index (χ0n) is 17.0. The molecule has 0 amide bonds. The van der Waals surface area contributed by atoms with E-state index < -0.39 is 21.3 Å². The summed E-state index contributed by atoms with van der Waals surface area (Å²) in [6.07, 6.45) is 2.54. The molecule has 0 fully saturated rings. The molecule has 164 valence electrons. The van der Waals surface area contributed by atoms with Crippen molar-refractivity contribution in [2.24, 2.45) is 0 Å². The van der Waals surface area contributed by atoms with E-state index in [0.717, 1.165) is 31.7 Å². The number of fused-ring (bicyclic) bond motifs is 1. The van der Waals surface area contributed by atoms with Gasteiger partial charge in [-0.1, -0.05) is 18.2 Å². The van der Waals surface area contributed by atoms with Crippen LogP contribution in [0.3, 0.4) is 0 Å². The van der Waals surface area contributed by atoms with Gasteiger partial charge in [-0.05, 0) is 69.3 Å². The first-order valence-corrected chi connectivity index (χ1v) is 12.3. The van der Waals surface area contributed by atoms with Crippen LogP contribution in [-0.2, 0) is 10.0 Å². The lowest BCUT2D eigenvalue weighted by Gasteiger charge is -2.15. The van der Waals surface area contributed by atoms with Gasteiger partial charge in [-0.15, -0.1) is 0 Å². The van der Waals surface area contributed by atoms with Gasteiger partial charge in [-0.25, -0.2) is 13.2 Å². The van der Waals surface area contributed by atoms with E-state index in [1.807, 2.05) is 30.3 Å². The summed E-state index contributed by atoms with van der Waals surface area (Å²) in [7, 11) is -1.79. The standard InChI is InChI=1S/C22H18IN3O5S/c1-31-21-18(11-17(12-19(21)23)26-8-7-20(27)24-22(26)28)15-4-3-14-10-16(25-32(2,29)30)6-5-13(14)9-15/h3-12,25H,1-2H3,(H,24,27,28). The molecule has 32 heavy (non-hydrogen) atoms. The van der Waals surface area contributed by atoms with Gasteiger partial charge in [0, 0.05) is 23.5 Å². The first-order chi connectivity index (χ1) is 15.1. The van der Waals surface area contributed by atoms with E-state index >= 15 is 0 Å². The molecule has 0 aliphatic heterocycles. The largest absolute Gasteiger partial charge is 0.495 e. The van der Waals surface area contributed by atoms with Gasteiger partial charge in [0.1, 0.15) is 5.75 Å². The molecular weight excluding hydrogens is 545 g/mol. The van der Waals surface area contributed by atoms with Gasteiger partial charge < -0.3 is 4.74 Å². The minimum absolute atomic E-state index is 0.464. The number of rotatable bonds is 5. The maximum Gasteiger partial charge on any atom is 0.332 e. The molecule has 0 atom stereocenters. The summed E-state index contributed by atoms with van der Waals surface area (Å²) in [5.74, 6) is 0.654. The number of nitrogens with one attached hydrogen (secondary N) is 2. The van der Waals surface area contributed by atoms with Crippen LogP contribution >= 0.6 is 22.6 Å². The number of sulfonamides is 1. The summed E-state index contributed by atoms with van der Waals surface area (Å²) in [6.45, 7) is 0. The van der Waals surface area contributed by atoms with E-state index in [4.69, 9.17) is 4.74 Å². The molecule has 1 aromatic heterocycles. The molecule has 0 bridgehead atoms. The van der Waals surface area contributed by atoms with Crippen molar-refractivity contribution in [1.82, 2.24) is 9.55 Å². The van der Waals surface area contributed by atoms with Crippen LogP contribution in [0.2, 0.25) is 0 Å². The average Bonchev–Trinajstić information content (AvgIpc) is 2.71. The molecule has 0 radical (unpaired) electrons. The van der Waals surface area contributed by atoms with Crippen molar-refractivity contribution in [2.75, 3.05) is 18.1 Å². The SMILES string of the molecule is COc1c(I)cc(-n2ccc(=O)[nH]c2=O)cc1-c1ccc2cc(NS(C)(=O)=O)ccc2c1. The van der Waals surface area contributed by atoms with Gasteiger partial charge >= 0.3 is 5.69 Å². The van der Waals surface area contributed by atoms with Crippen molar-refractivity contribution in [3.63, 3.8) is 0 Å². The molecule has 0 spiro atoms. The van der Waals surface area contributed by atoms with Crippen LogP contribution in [0.5, 0.6) is 5.75 Å². The van der Waals surface area contributed by atoms with E-state index in [2.05, 4.69) is 32.3 Å². The molecule has 0 saturated carbocycles. The lowest BCUT2D eigenvalue weighted by molar-refractivity contribution is 0.413. The summed E-state index contributed by atoms with van der Waals surface area (Å²) in [5.41, 5.74) is 1.70. The number of ether oxygens (including phenoxy) is 1. The highest BCUT2D eigenvalue weighted by Gasteiger charge is 2.14. The number of benzene rings is 3. The van der Waals surface area contributed by atoms with E-state index in [9.17, 15) is 18.0 Å². The lowest BCUT2D eigenvalue weighted by Crippen LogP contribution is -2.27. The second-order valence-electron chi connectivity index (χ2n) is 7.14. The predicted octanol–water partition coefficient (Wildman–Crippen LogP) is 3.33. The Morgan fingerprint density at radius 2 is 1.72 bits per heavy atom. The minimum Gasteiger partial charge on any atom is -0.495 e. The number of aromatic nitrogens is 2. The Morgan fingerprint density at radius 3 is 2.41 bits per heavy atom. The first-order valence-electron chi connectivity index (χ1n) is 9.36. The number of halogens is 1. The van der Waals surface area contributed by atoms with Crippen molar-refractivity contribution in [1.29, 1.82) is 0 Å². The quantitative estimate of drug-likeness (QED) is 0.362. The summed E-state index contributed by atoms with van der Waals surface area (Å²) in [6, 6.07) is 16.0. The van der Waals surface area contributed by atoms with Crippen LogP contribution in [0.15, 0.2) is 70.4 Å². The molecule has 3 aromatic carbocycles. The van der Waals surface area contributed by atoms with E-state index in [-0.39, 0.29) is 0 Å². The van der Waals surface area contributed by atoms with Crippen LogP contribution in [0.25, 0.3) is 27.6 Å². The maximum atomic E-state index is 12.3. The molecule has 2 N–H and O–H groups in total. The second-order valence-corrected chi connectivity index (χ2v) is 10.1. The molecule has 1 heterocycles. The molecule has 8 nitrogen and oxygen atoms in total. The second kappa shape index (κ2) is 8.43. The van der Waals surface area contributed by atoms with Gasteiger partial charge in [0.25, 0.3) is 5.56 Å². The number of anilines is 1. The summed E-state index contributed by atoms with van der Waals surface area (Å²) in [5, 5.41) is 1.77. The first kappa shape index (κ1) is 22.1. The molecule has 0 saturated heterocycles. The number of hydrogen-bond donors (Lipinski definition) is 2. The zero-order chi connectivity index (χ0) is 23.0. The normalized spacial score (nSPS) is 11.5. The Labute approximate surface area is 197 Å². The number of hydrogen-bond acceptors (Lipinski definition) is 5. The summed E-state index contributed by atoms with van der Waals surface area (Å²) < 4.78 is 33.3. The fourth-order valence-corrected chi connectivity index (χ4v) is 4.84. The molecule has 4 aromatic rings. The van der Waals surface area contributed by atoms with Gasteiger partial charge in [-0.3, -0.25) is 19.1 Å². The average molecular weight is 563 g/mol. The molecule has 0 aliphatic rings. The smallest absolute Gasteiger partial charge is 0.332 e. The highest BCUT2D eigenvalue weighted by molar-refractivity contribution is 14.1. The fraction of sp³-hybridized carbons (Fsp3) is 0.0909. The van der Waals surface area contributed by atoms with E-state index in [1.165, 1.54) is 16.8 Å². The van der Waals surface area contributed by atoms with Crippen LogP contribution < -0.4 is 20.7 Å². The van der Waals surface area contributed by atoms with E-state index in [0.29, 0.717) is 17.1 Å². The molecular formula is C22H18IN3O5S. The van der Waals surface area contributed by atoms with Crippen LogP contribution in [0, 0.1) is 3.57 Å².